The topological polar surface area (TPSA) is 88.6 Å². The smallest absolute Gasteiger partial charge is 0.160 e. The number of imidazole rings is 1. The third-order valence-corrected chi connectivity index (χ3v) is 7.11. The van der Waals surface area contributed by atoms with Crippen LogP contribution in [0.5, 0.6) is 11.5 Å². The highest BCUT2D eigenvalue weighted by atomic mass is 19.1. The van der Waals surface area contributed by atoms with Crippen LogP contribution >= 0.6 is 0 Å². The third-order valence-electron chi connectivity index (χ3n) is 7.11. The molecule has 9 nitrogen and oxygen atoms in total. The Labute approximate surface area is 219 Å². The van der Waals surface area contributed by atoms with Crippen LogP contribution in [0.25, 0.3) is 11.0 Å². The van der Waals surface area contributed by atoms with Crippen molar-refractivity contribution in [2.45, 2.75) is 32.4 Å². The van der Waals surface area contributed by atoms with Crippen molar-refractivity contribution in [2.75, 3.05) is 18.5 Å². The van der Waals surface area contributed by atoms with Gasteiger partial charge in [-0.3, -0.25) is 0 Å². The highest BCUT2D eigenvalue weighted by Crippen LogP contribution is 2.33. The van der Waals surface area contributed by atoms with Gasteiger partial charge in [0.15, 0.2) is 11.7 Å². The van der Waals surface area contributed by atoms with Crippen LogP contribution in [0.2, 0.25) is 0 Å². The van der Waals surface area contributed by atoms with Gasteiger partial charge in [-0.15, -0.1) is 0 Å². The number of hydrogen-bond acceptors (Lipinski definition) is 8. The molecule has 2 atom stereocenters. The number of nitrogens with zero attached hydrogens (tertiary/aromatic N) is 6. The molecule has 0 spiro atoms. The van der Waals surface area contributed by atoms with Gasteiger partial charge < -0.3 is 24.3 Å². The number of likely N-dealkylation sites (tertiary alicyclic amines) is 1. The van der Waals surface area contributed by atoms with E-state index in [0.717, 1.165) is 24.0 Å². The van der Waals surface area contributed by atoms with Gasteiger partial charge in [-0.25, -0.2) is 24.4 Å². The second-order valence-corrected chi connectivity index (χ2v) is 9.55. The first-order valence-electron chi connectivity index (χ1n) is 12.5. The maximum absolute atomic E-state index is 15.6. The lowest BCUT2D eigenvalue weighted by Gasteiger charge is -2.29. The summed E-state index contributed by atoms with van der Waals surface area (Å²) in [6.07, 6.45) is 6.22. The van der Waals surface area contributed by atoms with Gasteiger partial charge in [0.05, 0.1) is 47.5 Å². The number of morpholine rings is 1. The Morgan fingerprint density at radius 3 is 2.95 bits per heavy atom. The molecule has 3 aliphatic heterocycles. The van der Waals surface area contributed by atoms with Crippen LogP contribution in [-0.2, 0) is 11.8 Å². The van der Waals surface area contributed by atoms with Crippen LogP contribution in [-0.4, -0.2) is 57.6 Å². The van der Waals surface area contributed by atoms with Gasteiger partial charge in [0.25, 0.3) is 0 Å². The summed E-state index contributed by atoms with van der Waals surface area (Å²) in [5, 5.41) is 3.11. The number of benzene rings is 2. The second-order valence-electron chi connectivity index (χ2n) is 9.55. The first kappa shape index (κ1) is 24.1. The molecule has 10 heteroatoms. The first-order chi connectivity index (χ1) is 18.4. The zero-order valence-electron chi connectivity index (χ0n) is 21.5. The van der Waals surface area contributed by atoms with Crippen LogP contribution < -0.4 is 10.1 Å². The van der Waals surface area contributed by atoms with E-state index in [9.17, 15) is 0 Å². The molecule has 4 heterocycles. The molecule has 2 saturated heterocycles. The van der Waals surface area contributed by atoms with Crippen molar-refractivity contribution in [1.29, 1.82) is 0 Å². The largest absolute Gasteiger partial charge is 0.457 e. The minimum Gasteiger partial charge on any atom is -0.457 e. The zero-order chi connectivity index (χ0) is 26.4. The molecule has 1 unspecified atom stereocenters. The average molecular weight is 514 g/mol. The SMILES string of the molecule is C=C(/N=C1/C(Nc2ccc(Oc3ccc4c(c3)ncn4C)c(C)c2F)=NC=N/C1=C/C)N1C[C@H]2CC1CO2. The number of fused-ring (bicyclic) bond motifs is 3. The molecule has 0 radical (unpaired) electrons. The van der Waals surface area contributed by atoms with Gasteiger partial charge in [0, 0.05) is 25.2 Å². The van der Waals surface area contributed by atoms with Gasteiger partial charge in [-0.1, -0.05) is 12.7 Å². The number of anilines is 1. The van der Waals surface area contributed by atoms with Gasteiger partial charge in [0.2, 0.25) is 0 Å². The Morgan fingerprint density at radius 1 is 1.32 bits per heavy atom. The number of allylic oxidation sites excluding steroid dienone is 1. The first-order valence-corrected chi connectivity index (χ1v) is 12.5. The molecule has 3 aliphatic rings. The number of aliphatic imine (C=N–C) groups is 3. The van der Waals surface area contributed by atoms with Crippen molar-refractivity contribution in [2.24, 2.45) is 22.0 Å². The second kappa shape index (κ2) is 9.53. The summed E-state index contributed by atoms with van der Waals surface area (Å²) in [5.74, 6) is 1.56. The highest BCUT2D eigenvalue weighted by Gasteiger charge is 2.39. The normalized spacial score (nSPS) is 22.5. The Balaban J connectivity index is 1.24. The number of nitrogens with one attached hydrogen (secondary N) is 1. The van der Waals surface area contributed by atoms with E-state index in [4.69, 9.17) is 14.5 Å². The summed E-state index contributed by atoms with van der Waals surface area (Å²) < 4.78 is 29.2. The number of rotatable bonds is 5. The van der Waals surface area contributed by atoms with E-state index < -0.39 is 5.82 Å². The van der Waals surface area contributed by atoms with Gasteiger partial charge in [0.1, 0.15) is 29.4 Å². The standard InChI is InChI=1S/C28H28FN7O2/c1-5-21-27(33-17(3)36-12-20-10-18(36)13-37-20)28(31-14-30-21)34-22-7-9-25(16(2)26(22)29)38-19-6-8-24-23(11-19)32-15-35(24)4/h5-9,11,14-15,18,20H,3,10,12-13H2,1-2,4H3,(H,30,31,34)/b21-5+,33-27+/t18?,20-/m1/s1. The summed E-state index contributed by atoms with van der Waals surface area (Å²) in [6, 6.07) is 9.24. The number of halogens is 1. The predicted molar refractivity (Wildman–Crippen MR) is 147 cm³/mol. The molecule has 1 N–H and O–H groups in total. The maximum atomic E-state index is 15.6. The van der Waals surface area contributed by atoms with Gasteiger partial charge in [-0.05, 0) is 44.5 Å². The van der Waals surface area contributed by atoms with E-state index in [1.165, 1.54) is 6.34 Å². The summed E-state index contributed by atoms with van der Waals surface area (Å²) >= 11 is 0. The molecule has 0 aliphatic carbocycles. The number of aryl methyl sites for hydroxylation is 1. The van der Waals surface area contributed by atoms with Crippen LogP contribution in [0.1, 0.15) is 18.9 Å². The number of aromatic nitrogens is 2. The molecule has 38 heavy (non-hydrogen) atoms. The highest BCUT2D eigenvalue weighted by molar-refractivity contribution is 6.52. The molecular weight excluding hydrogens is 485 g/mol. The van der Waals surface area contributed by atoms with E-state index in [1.54, 1.807) is 25.4 Å². The van der Waals surface area contributed by atoms with Crippen LogP contribution in [0.3, 0.4) is 0 Å². The van der Waals surface area contributed by atoms with Crippen molar-refractivity contribution in [1.82, 2.24) is 14.5 Å². The molecule has 2 fully saturated rings. The summed E-state index contributed by atoms with van der Waals surface area (Å²) in [4.78, 5) is 20.0. The van der Waals surface area contributed by atoms with Crippen molar-refractivity contribution in [3.8, 4) is 11.5 Å². The third kappa shape index (κ3) is 4.26. The lowest BCUT2D eigenvalue weighted by molar-refractivity contribution is 0.0443. The number of hydrogen-bond donors (Lipinski definition) is 1. The van der Waals surface area contributed by atoms with Crippen molar-refractivity contribution < 1.29 is 13.9 Å². The van der Waals surface area contributed by atoms with Crippen LogP contribution in [0, 0.1) is 12.7 Å². The van der Waals surface area contributed by atoms with Crippen molar-refractivity contribution >= 4 is 34.6 Å². The Hall–Kier alpha value is -4.31. The predicted octanol–water partition coefficient (Wildman–Crippen LogP) is 4.95. The Kier molecular flexibility index (Phi) is 6.03. The number of ether oxygens (including phenoxy) is 2. The molecule has 0 amide bonds. The fraction of sp³-hybridized carbons (Fsp3) is 0.286. The molecule has 2 aromatic carbocycles. The van der Waals surface area contributed by atoms with E-state index in [1.807, 2.05) is 42.8 Å². The van der Waals surface area contributed by atoms with E-state index in [0.29, 0.717) is 46.7 Å². The minimum atomic E-state index is -0.444. The molecule has 3 aromatic rings. The number of amidine groups is 1. The van der Waals surface area contributed by atoms with Gasteiger partial charge >= 0.3 is 0 Å². The summed E-state index contributed by atoms with van der Waals surface area (Å²) in [7, 11) is 1.93. The molecular formula is C28H28FN7O2. The monoisotopic (exact) mass is 513 g/mol. The summed E-state index contributed by atoms with van der Waals surface area (Å²) in [5.41, 5.74) is 3.55. The van der Waals surface area contributed by atoms with E-state index >= 15 is 4.39 Å². The molecule has 0 saturated carbocycles. The fourth-order valence-electron chi connectivity index (χ4n) is 5.02. The Morgan fingerprint density at radius 2 is 2.18 bits per heavy atom. The minimum absolute atomic E-state index is 0.220. The van der Waals surface area contributed by atoms with E-state index in [-0.39, 0.29) is 17.8 Å². The molecule has 194 valence electrons. The summed E-state index contributed by atoms with van der Waals surface area (Å²) in [6.45, 7) is 9.18. The lowest BCUT2D eigenvalue weighted by atomic mass is 10.1. The fourth-order valence-corrected chi connectivity index (χ4v) is 5.02. The van der Waals surface area contributed by atoms with E-state index in [2.05, 4.69) is 31.8 Å². The van der Waals surface area contributed by atoms with Crippen LogP contribution in [0.15, 0.2) is 75.8 Å². The zero-order valence-corrected chi connectivity index (χ0v) is 21.5. The molecule has 2 bridgehead atoms. The lowest BCUT2D eigenvalue weighted by Crippen LogP contribution is -2.36. The van der Waals surface area contributed by atoms with Gasteiger partial charge in [-0.2, -0.15) is 0 Å². The Bertz CT molecular complexity index is 1570. The quantitative estimate of drug-likeness (QED) is 0.521. The molecule has 6 rings (SSSR count). The average Bonchev–Trinajstić information content (AvgIpc) is 3.65. The molecule has 1 aromatic heterocycles. The van der Waals surface area contributed by atoms with Crippen molar-refractivity contribution in [3.63, 3.8) is 0 Å². The maximum Gasteiger partial charge on any atom is 0.160 e. The van der Waals surface area contributed by atoms with Crippen molar-refractivity contribution in [3.05, 3.63) is 72.2 Å². The van der Waals surface area contributed by atoms with Crippen LogP contribution in [0.4, 0.5) is 10.1 Å².